The van der Waals surface area contributed by atoms with E-state index in [9.17, 15) is 4.79 Å². The third kappa shape index (κ3) is 2.71. The minimum absolute atomic E-state index is 0.219. The van der Waals surface area contributed by atoms with Crippen molar-refractivity contribution in [1.29, 1.82) is 0 Å². The van der Waals surface area contributed by atoms with E-state index in [2.05, 4.69) is 15.9 Å². The highest BCUT2D eigenvalue weighted by molar-refractivity contribution is 9.10. The molecule has 1 heterocycles. The summed E-state index contributed by atoms with van der Waals surface area (Å²) in [6.45, 7) is 0. The molecular weight excluding hydrogens is 256 g/mol. The molecule has 0 saturated heterocycles. The molecule has 2 nitrogen and oxygen atoms in total. The van der Waals surface area contributed by atoms with Crippen LogP contribution in [0.25, 0.3) is 0 Å². The number of hydrogen-bond donors (Lipinski definition) is 0. The summed E-state index contributed by atoms with van der Waals surface area (Å²) in [6, 6.07) is 1.77. The van der Waals surface area contributed by atoms with Crippen LogP contribution in [-0.4, -0.2) is 5.78 Å². The minimum Gasteiger partial charge on any atom is -0.457 e. The molecule has 0 aliphatic heterocycles. The predicted octanol–water partition coefficient (Wildman–Crippen LogP) is 4.20. The average Bonchev–Trinajstić information content (AvgIpc) is 2.53. The first-order valence-corrected chi connectivity index (χ1v) is 6.35. The fourth-order valence-corrected chi connectivity index (χ4v) is 2.56. The van der Waals surface area contributed by atoms with Gasteiger partial charge in [-0.2, -0.15) is 0 Å². The first-order valence-electron chi connectivity index (χ1n) is 5.55. The summed E-state index contributed by atoms with van der Waals surface area (Å²) in [4.78, 5) is 12.1. The fourth-order valence-electron chi connectivity index (χ4n) is 2.22. The van der Waals surface area contributed by atoms with Gasteiger partial charge < -0.3 is 4.42 Å². The van der Waals surface area contributed by atoms with Crippen LogP contribution in [0.2, 0.25) is 0 Å². The summed E-state index contributed by atoms with van der Waals surface area (Å²) >= 11 is 3.22. The van der Waals surface area contributed by atoms with Gasteiger partial charge in [0.1, 0.15) is 6.26 Å². The molecule has 15 heavy (non-hydrogen) atoms. The van der Waals surface area contributed by atoms with Gasteiger partial charge in [-0.1, -0.05) is 25.7 Å². The third-order valence-electron chi connectivity index (χ3n) is 3.08. The molecule has 0 aromatic carbocycles. The zero-order chi connectivity index (χ0) is 10.7. The monoisotopic (exact) mass is 270 g/mol. The number of furan rings is 1. The molecule has 1 saturated carbocycles. The van der Waals surface area contributed by atoms with Crippen LogP contribution in [0.15, 0.2) is 21.4 Å². The molecule has 0 N–H and O–H groups in total. The van der Waals surface area contributed by atoms with E-state index in [1.807, 2.05) is 0 Å². The molecule has 1 fully saturated rings. The van der Waals surface area contributed by atoms with Crippen LogP contribution in [0.1, 0.15) is 48.9 Å². The molecule has 0 unspecified atom stereocenters. The van der Waals surface area contributed by atoms with E-state index in [-0.39, 0.29) is 11.7 Å². The first-order chi connectivity index (χ1) is 7.27. The smallest absolute Gasteiger partial charge is 0.169 e. The summed E-state index contributed by atoms with van der Waals surface area (Å²) in [5.74, 6) is 0.475. The van der Waals surface area contributed by atoms with Crippen LogP contribution >= 0.6 is 15.9 Å². The van der Waals surface area contributed by atoms with E-state index < -0.39 is 0 Å². The highest BCUT2D eigenvalue weighted by Gasteiger charge is 2.22. The summed E-state index contributed by atoms with van der Waals surface area (Å²) in [5, 5.41) is 0. The lowest BCUT2D eigenvalue weighted by Crippen LogP contribution is -2.13. The van der Waals surface area contributed by atoms with Crippen LogP contribution in [-0.2, 0) is 0 Å². The molecule has 0 amide bonds. The molecule has 0 atom stereocenters. The first kappa shape index (κ1) is 10.9. The van der Waals surface area contributed by atoms with Crippen LogP contribution in [0.5, 0.6) is 0 Å². The van der Waals surface area contributed by atoms with E-state index >= 15 is 0 Å². The fraction of sp³-hybridized carbons (Fsp3) is 0.583. The molecule has 2 rings (SSSR count). The molecule has 1 aliphatic carbocycles. The van der Waals surface area contributed by atoms with E-state index in [4.69, 9.17) is 4.42 Å². The van der Waals surface area contributed by atoms with E-state index in [1.54, 1.807) is 12.3 Å². The standard InChI is InChI=1S/C12H15BrO2/c13-11-7-10(8-15-11)12(14)9-5-3-1-2-4-6-9/h7-9H,1-6H2. The minimum atomic E-state index is 0.219. The molecule has 0 bridgehead atoms. The van der Waals surface area contributed by atoms with Crippen molar-refractivity contribution in [3.8, 4) is 0 Å². The molecule has 0 spiro atoms. The molecule has 82 valence electrons. The quantitative estimate of drug-likeness (QED) is 0.596. The van der Waals surface area contributed by atoms with Crippen molar-refractivity contribution < 1.29 is 9.21 Å². The normalized spacial score (nSPS) is 18.7. The van der Waals surface area contributed by atoms with E-state index in [1.165, 1.54) is 25.7 Å². The molecule has 0 radical (unpaired) electrons. The highest BCUT2D eigenvalue weighted by atomic mass is 79.9. The van der Waals surface area contributed by atoms with Gasteiger partial charge in [0.05, 0.1) is 5.56 Å². The Kier molecular flexibility index (Phi) is 3.62. The van der Waals surface area contributed by atoms with Gasteiger partial charge in [0.15, 0.2) is 10.5 Å². The average molecular weight is 271 g/mol. The van der Waals surface area contributed by atoms with Gasteiger partial charge in [0, 0.05) is 12.0 Å². The predicted molar refractivity (Wildman–Crippen MR) is 61.9 cm³/mol. The topological polar surface area (TPSA) is 30.2 Å². The van der Waals surface area contributed by atoms with Gasteiger partial charge in [-0.15, -0.1) is 0 Å². The van der Waals surface area contributed by atoms with Gasteiger partial charge in [-0.3, -0.25) is 4.79 Å². The van der Waals surface area contributed by atoms with E-state index in [0.717, 1.165) is 12.8 Å². The van der Waals surface area contributed by atoms with Crippen LogP contribution in [0.3, 0.4) is 0 Å². The Balaban J connectivity index is 2.06. The molecular formula is C12H15BrO2. The zero-order valence-corrected chi connectivity index (χ0v) is 10.3. The molecule has 1 aromatic heterocycles. The summed E-state index contributed by atoms with van der Waals surface area (Å²) in [5.41, 5.74) is 0.716. The second kappa shape index (κ2) is 4.97. The second-order valence-electron chi connectivity index (χ2n) is 4.19. The number of ketones is 1. The third-order valence-corrected chi connectivity index (χ3v) is 3.49. The SMILES string of the molecule is O=C(c1coc(Br)c1)C1CCCCCC1. The van der Waals surface area contributed by atoms with Crippen LogP contribution in [0, 0.1) is 5.92 Å². The summed E-state index contributed by atoms with van der Waals surface area (Å²) in [6.07, 6.45) is 8.57. The Hall–Kier alpha value is -0.570. The van der Waals surface area contributed by atoms with Crippen LogP contribution in [0.4, 0.5) is 0 Å². The van der Waals surface area contributed by atoms with Gasteiger partial charge in [-0.05, 0) is 28.8 Å². The highest BCUT2D eigenvalue weighted by Crippen LogP contribution is 2.27. The Bertz CT molecular complexity index is 335. The van der Waals surface area contributed by atoms with Gasteiger partial charge in [0.25, 0.3) is 0 Å². The Morgan fingerprint density at radius 1 is 1.27 bits per heavy atom. The Morgan fingerprint density at radius 3 is 2.47 bits per heavy atom. The molecule has 3 heteroatoms. The Labute approximate surface area is 98.2 Å². The van der Waals surface area contributed by atoms with Gasteiger partial charge in [-0.25, -0.2) is 0 Å². The van der Waals surface area contributed by atoms with Crippen LogP contribution < -0.4 is 0 Å². The lowest BCUT2D eigenvalue weighted by atomic mass is 9.92. The van der Waals surface area contributed by atoms with E-state index in [0.29, 0.717) is 10.2 Å². The van der Waals surface area contributed by atoms with Crippen molar-refractivity contribution >= 4 is 21.7 Å². The Morgan fingerprint density at radius 2 is 1.93 bits per heavy atom. The number of Topliss-reactive ketones (excluding diaryl/α,β-unsaturated/α-hetero) is 1. The number of hydrogen-bond acceptors (Lipinski definition) is 2. The van der Waals surface area contributed by atoms with Crippen molar-refractivity contribution in [3.63, 3.8) is 0 Å². The van der Waals surface area contributed by atoms with Gasteiger partial charge >= 0.3 is 0 Å². The summed E-state index contributed by atoms with van der Waals surface area (Å²) < 4.78 is 5.74. The van der Waals surface area contributed by atoms with Crippen molar-refractivity contribution in [2.75, 3.05) is 0 Å². The number of carbonyl (C=O) groups excluding carboxylic acids is 1. The second-order valence-corrected chi connectivity index (χ2v) is 4.97. The number of carbonyl (C=O) groups is 1. The maximum atomic E-state index is 12.1. The largest absolute Gasteiger partial charge is 0.457 e. The molecule has 1 aromatic rings. The van der Waals surface area contributed by atoms with Crippen molar-refractivity contribution in [1.82, 2.24) is 0 Å². The van der Waals surface area contributed by atoms with Gasteiger partial charge in [0.2, 0.25) is 0 Å². The summed E-state index contributed by atoms with van der Waals surface area (Å²) in [7, 11) is 0. The van der Waals surface area contributed by atoms with Crippen molar-refractivity contribution in [3.05, 3.63) is 22.6 Å². The maximum Gasteiger partial charge on any atom is 0.169 e. The maximum absolute atomic E-state index is 12.1. The van der Waals surface area contributed by atoms with Crippen molar-refractivity contribution in [2.24, 2.45) is 5.92 Å². The molecule has 1 aliphatic rings. The zero-order valence-electron chi connectivity index (χ0n) is 8.67. The van der Waals surface area contributed by atoms with Crippen molar-refractivity contribution in [2.45, 2.75) is 38.5 Å². The lowest BCUT2D eigenvalue weighted by molar-refractivity contribution is 0.0907. The number of rotatable bonds is 2. The lowest BCUT2D eigenvalue weighted by Gasteiger charge is -2.10. The number of halogens is 1.